The highest BCUT2D eigenvalue weighted by Gasteiger charge is 2.34. The van der Waals surface area contributed by atoms with Gasteiger partial charge in [0, 0.05) is 19.4 Å². The lowest BCUT2D eigenvalue weighted by Gasteiger charge is -2.36. The van der Waals surface area contributed by atoms with Gasteiger partial charge in [-0.25, -0.2) is 5.48 Å². The summed E-state index contributed by atoms with van der Waals surface area (Å²) in [5.74, 6) is 0.642. The van der Waals surface area contributed by atoms with E-state index in [2.05, 4.69) is 5.48 Å². The Morgan fingerprint density at radius 3 is 2.60 bits per heavy atom. The van der Waals surface area contributed by atoms with Gasteiger partial charge in [0.25, 0.3) is 5.91 Å². The molecule has 0 saturated heterocycles. The molecule has 0 radical (unpaired) electrons. The fourth-order valence-corrected chi connectivity index (χ4v) is 3.44. The second-order valence-corrected chi connectivity index (χ2v) is 7.68. The molecule has 1 fully saturated rings. The minimum absolute atomic E-state index is 0.0312. The number of hydrogen-bond acceptors (Lipinski definition) is 3. The predicted octanol–water partition coefficient (Wildman–Crippen LogP) is 2.83. The maximum absolute atomic E-state index is 12.7. The highest BCUT2D eigenvalue weighted by atomic mass is 16.7. The maximum Gasteiger partial charge on any atom is 0.266 e. The van der Waals surface area contributed by atoms with Crippen LogP contribution in [0.4, 0.5) is 0 Å². The second kappa shape index (κ2) is 8.00. The van der Waals surface area contributed by atoms with Crippen molar-refractivity contribution in [3.8, 4) is 0 Å². The van der Waals surface area contributed by atoms with Gasteiger partial charge in [0.15, 0.2) is 0 Å². The SMILES string of the molecule is CC(C)CC(=O)N1Cc2ccccc2CC1C(=O)NOCC1CCC1. The van der Waals surface area contributed by atoms with Crippen LogP contribution in [-0.2, 0) is 27.4 Å². The minimum Gasteiger partial charge on any atom is -0.326 e. The van der Waals surface area contributed by atoms with Gasteiger partial charge in [-0.3, -0.25) is 14.4 Å². The summed E-state index contributed by atoms with van der Waals surface area (Å²) in [4.78, 5) is 32.5. The second-order valence-electron chi connectivity index (χ2n) is 7.68. The number of hydroxylamine groups is 1. The number of amides is 2. The number of hydrogen-bond donors (Lipinski definition) is 1. The average Bonchev–Trinajstić information content (AvgIpc) is 2.55. The summed E-state index contributed by atoms with van der Waals surface area (Å²) in [7, 11) is 0. The molecule has 136 valence electrons. The van der Waals surface area contributed by atoms with Crippen molar-refractivity contribution in [2.75, 3.05) is 6.61 Å². The van der Waals surface area contributed by atoms with Crippen LogP contribution in [0.1, 0.15) is 50.7 Å². The van der Waals surface area contributed by atoms with Crippen LogP contribution in [0.25, 0.3) is 0 Å². The van der Waals surface area contributed by atoms with Crippen molar-refractivity contribution in [1.29, 1.82) is 0 Å². The van der Waals surface area contributed by atoms with E-state index >= 15 is 0 Å². The number of nitrogens with zero attached hydrogens (tertiary/aromatic N) is 1. The molecule has 2 aliphatic rings. The van der Waals surface area contributed by atoms with Gasteiger partial charge in [0.05, 0.1) is 6.61 Å². The Labute approximate surface area is 149 Å². The zero-order chi connectivity index (χ0) is 17.8. The molecular weight excluding hydrogens is 316 g/mol. The van der Waals surface area contributed by atoms with Crippen LogP contribution in [0.5, 0.6) is 0 Å². The van der Waals surface area contributed by atoms with Gasteiger partial charge in [-0.05, 0) is 35.8 Å². The molecule has 1 aliphatic carbocycles. The van der Waals surface area contributed by atoms with Crippen LogP contribution >= 0.6 is 0 Å². The van der Waals surface area contributed by atoms with E-state index in [4.69, 9.17) is 4.84 Å². The largest absolute Gasteiger partial charge is 0.326 e. The Bertz CT molecular complexity index is 625. The van der Waals surface area contributed by atoms with Crippen molar-refractivity contribution in [2.45, 2.75) is 58.5 Å². The lowest BCUT2D eigenvalue weighted by atomic mass is 9.86. The predicted molar refractivity (Wildman–Crippen MR) is 95.4 cm³/mol. The lowest BCUT2D eigenvalue weighted by Crippen LogP contribution is -2.52. The Kier molecular flexibility index (Phi) is 5.74. The van der Waals surface area contributed by atoms with Crippen molar-refractivity contribution in [3.05, 3.63) is 35.4 Å². The molecule has 1 aliphatic heterocycles. The molecule has 1 heterocycles. The number of carbonyl (C=O) groups excluding carboxylic acids is 2. The van der Waals surface area contributed by atoms with E-state index in [0.717, 1.165) is 11.1 Å². The standard InChI is InChI=1S/C20H28N2O3/c1-14(2)10-19(23)22-12-17-9-4-3-8-16(17)11-18(22)20(24)21-25-13-15-6-5-7-15/h3-4,8-9,14-15,18H,5-7,10-13H2,1-2H3,(H,21,24). The molecule has 1 saturated carbocycles. The molecule has 1 aromatic rings. The van der Waals surface area contributed by atoms with E-state index in [1.54, 1.807) is 4.90 Å². The minimum atomic E-state index is -0.498. The maximum atomic E-state index is 12.7. The van der Waals surface area contributed by atoms with Gasteiger partial charge in [-0.1, -0.05) is 44.5 Å². The fraction of sp³-hybridized carbons (Fsp3) is 0.600. The molecule has 2 amide bonds. The number of benzene rings is 1. The first-order valence-electron chi connectivity index (χ1n) is 9.32. The molecule has 0 bridgehead atoms. The quantitative estimate of drug-likeness (QED) is 0.807. The van der Waals surface area contributed by atoms with Gasteiger partial charge in [-0.15, -0.1) is 0 Å². The van der Waals surface area contributed by atoms with Gasteiger partial charge in [0.1, 0.15) is 6.04 Å². The molecule has 1 atom stereocenters. The van der Waals surface area contributed by atoms with Crippen molar-refractivity contribution in [2.24, 2.45) is 11.8 Å². The average molecular weight is 344 g/mol. The van der Waals surface area contributed by atoms with Crippen LogP contribution in [0.3, 0.4) is 0 Å². The smallest absolute Gasteiger partial charge is 0.266 e. The summed E-state index contributed by atoms with van der Waals surface area (Å²) >= 11 is 0. The van der Waals surface area contributed by atoms with Gasteiger partial charge in [-0.2, -0.15) is 0 Å². The van der Waals surface area contributed by atoms with Crippen LogP contribution in [0.15, 0.2) is 24.3 Å². The monoisotopic (exact) mass is 344 g/mol. The first-order chi connectivity index (χ1) is 12.0. The van der Waals surface area contributed by atoms with E-state index in [-0.39, 0.29) is 17.7 Å². The molecule has 0 spiro atoms. The van der Waals surface area contributed by atoms with Crippen molar-refractivity contribution >= 4 is 11.8 Å². The van der Waals surface area contributed by atoms with Crippen molar-refractivity contribution in [1.82, 2.24) is 10.4 Å². The topological polar surface area (TPSA) is 58.6 Å². The Morgan fingerprint density at radius 1 is 1.24 bits per heavy atom. The van der Waals surface area contributed by atoms with E-state index in [1.807, 2.05) is 38.1 Å². The van der Waals surface area contributed by atoms with Crippen LogP contribution in [-0.4, -0.2) is 29.4 Å². The lowest BCUT2D eigenvalue weighted by molar-refractivity contribution is -0.149. The van der Waals surface area contributed by atoms with E-state index in [1.165, 1.54) is 19.3 Å². The summed E-state index contributed by atoms with van der Waals surface area (Å²) in [6, 6.07) is 7.53. The van der Waals surface area contributed by atoms with Crippen molar-refractivity contribution in [3.63, 3.8) is 0 Å². The zero-order valence-corrected chi connectivity index (χ0v) is 15.2. The Balaban J connectivity index is 1.68. The molecule has 1 aromatic carbocycles. The normalized spacial score (nSPS) is 20.1. The summed E-state index contributed by atoms with van der Waals surface area (Å²) < 4.78 is 0. The highest BCUT2D eigenvalue weighted by Crippen LogP contribution is 2.27. The molecule has 5 heteroatoms. The molecule has 1 N–H and O–H groups in total. The van der Waals surface area contributed by atoms with Crippen LogP contribution in [0.2, 0.25) is 0 Å². The van der Waals surface area contributed by atoms with Gasteiger partial charge < -0.3 is 4.90 Å². The summed E-state index contributed by atoms with van der Waals surface area (Å²) in [6.45, 7) is 5.09. The molecule has 25 heavy (non-hydrogen) atoms. The molecular formula is C20H28N2O3. The third-order valence-electron chi connectivity index (χ3n) is 5.17. The summed E-state index contributed by atoms with van der Waals surface area (Å²) in [5, 5.41) is 0. The number of nitrogens with one attached hydrogen (secondary N) is 1. The van der Waals surface area contributed by atoms with Gasteiger partial charge >= 0.3 is 0 Å². The fourth-order valence-electron chi connectivity index (χ4n) is 3.44. The van der Waals surface area contributed by atoms with E-state index < -0.39 is 6.04 Å². The molecule has 5 nitrogen and oxygen atoms in total. The number of carbonyl (C=O) groups is 2. The highest BCUT2D eigenvalue weighted by molar-refractivity contribution is 5.88. The zero-order valence-electron chi connectivity index (χ0n) is 15.2. The van der Waals surface area contributed by atoms with E-state index in [9.17, 15) is 9.59 Å². The van der Waals surface area contributed by atoms with E-state index in [0.29, 0.717) is 31.9 Å². The Hall–Kier alpha value is -1.88. The van der Waals surface area contributed by atoms with Crippen molar-refractivity contribution < 1.29 is 14.4 Å². The third-order valence-corrected chi connectivity index (χ3v) is 5.17. The first-order valence-corrected chi connectivity index (χ1v) is 9.32. The molecule has 1 unspecified atom stereocenters. The first kappa shape index (κ1) is 17.9. The Morgan fingerprint density at radius 2 is 1.96 bits per heavy atom. The molecule has 3 rings (SSSR count). The third kappa shape index (κ3) is 4.40. The molecule has 0 aromatic heterocycles. The summed E-state index contributed by atoms with van der Waals surface area (Å²) in [6.07, 6.45) is 4.59. The summed E-state index contributed by atoms with van der Waals surface area (Å²) in [5.41, 5.74) is 4.85. The van der Waals surface area contributed by atoms with Gasteiger partial charge in [0.2, 0.25) is 5.91 Å². The number of fused-ring (bicyclic) bond motifs is 1. The van der Waals surface area contributed by atoms with Crippen LogP contribution in [0, 0.1) is 11.8 Å². The van der Waals surface area contributed by atoms with Crippen LogP contribution < -0.4 is 5.48 Å². The number of rotatable bonds is 6.